The Balaban J connectivity index is 1.57. The summed E-state index contributed by atoms with van der Waals surface area (Å²) in [6.45, 7) is 10.7. The second kappa shape index (κ2) is 9.63. The Morgan fingerprint density at radius 3 is 2.68 bits per heavy atom. The van der Waals surface area contributed by atoms with Gasteiger partial charge < -0.3 is 10.2 Å². The maximum atomic E-state index is 13.3. The van der Waals surface area contributed by atoms with E-state index in [2.05, 4.69) is 85.9 Å². The van der Waals surface area contributed by atoms with Gasteiger partial charge in [0.2, 0.25) is 0 Å². The first-order valence-electron chi connectivity index (χ1n) is 12.9. The highest BCUT2D eigenvalue weighted by Gasteiger charge is 2.22. The Labute approximate surface area is 218 Å². The molecule has 4 aromatic rings. The van der Waals surface area contributed by atoms with E-state index < -0.39 is 0 Å². The van der Waals surface area contributed by atoms with Gasteiger partial charge in [-0.25, -0.2) is 14.3 Å². The molecule has 0 fully saturated rings. The largest absolute Gasteiger partial charge is 0.340 e. The third-order valence-corrected chi connectivity index (χ3v) is 7.29. The minimum absolute atomic E-state index is 0.0911. The summed E-state index contributed by atoms with van der Waals surface area (Å²) in [5, 5.41) is 4.05. The number of nitrogens with one attached hydrogen (secondary N) is 1. The molecule has 0 spiro atoms. The number of likely N-dealkylation sites (N-methyl/N-ethyl adjacent to an activating group) is 1. The predicted molar refractivity (Wildman–Crippen MR) is 151 cm³/mol. The zero-order chi connectivity index (χ0) is 26.3. The van der Waals surface area contributed by atoms with Crippen LogP contribution in [0.4, 0.5) is 11.5 Å². The number of rotatable bonds is 6. The summed E-state index contributed by atoms with van der Waals surface area (Å²) in [5.41, 5.74) is 6.24. The molecule has 0 saturated carbocycles. The number of fused-ring (bicyclic) bond motifs is 2. The van der Waals surface area contributed by atoms with Gasteiger partial charge in [-0.3, -0.25) is 9.78 Å². The van der Waals surface area contributed by atoms with Crippen molar-refractivity contribution in [2.75, 3.05) is 19.4 Å². The Hall–Kier alpha value is -3.71. The van der Waals surface area contributed by atoms with E-state index in [9.17, 15) is 4.79 Å². The monoisotopic (exact) mass is 496 g/mol. The van der Waals surface area contributed by atoms with Crippen molar-refractivity contribution in [1.29, 1.82) is 0 Å². The lowest BCUT2D eigenvalue weighted by molar-refractivity contribution is 0.268. The minimum atomic E-state index is -0.116. The fraction of sp³-hybridized carbons (Fsp3) is 0.367. The van der Waals surface area contributed by atoms with Crippen molar-refractivity contribution in [3.8, 4) is 5.69 Å². The average molecular weight is 497 g/mol. The molecule has 3 heterocycles. The SMILES string of the molecule is C=CCn1c(=O)c2cnc(Nc3ccc4c(c3)CC(N(C)C)CC4)cc2n1-c1ccnc(C(C)(C)C)c1. The Morgan fingerprint density at radius 2 is 1.95 bits per heavy atom. The summed E-state index contributed by atoms with van der Waals surface area (Å²) in [6, 6.07) is 13.1. The number of hydrogen-bond donors (Lipinski definition) is 1. The van der Waals surface area contributed by atoms with Gasteiger partial charge in [-0.15, -0.1) is 6.58 Å². The van der Waals surface area contributed by atoms with Crippen LogP contribution in [0.3, 0.4) is 0 Å². The average Bonchev–Trinajstić information content (AvgIpc) is 3.14. The van der Waals surface area contributed by atoms with Gasteiger partial charge in [-0.1, -0.05) is 32.9 Å². The van der Waals surface area contributed by atoms with Crippen molar-refractivity contribution in [2.24, 2.45) is 0 Å². The maximum absolute atomic E-state index is 13.3. The highest BCUT2D eigenvalue weighted by Crippen LogP contribution is 2.29. The van der Waals surface area contributed by atoms with Gasteiger partial charge >= 0.3 is 0 Å². The summed E-state index contributed by atoms with van der Waals surface area (Å²) in [4.78, 5) is 24.8. The van der Waals surface area contributed by atoms with Gasteiger partial charge in [0, 0.05) is 41.3 Å². The summed E-state index contributed by atoms with van der Waals surface area (Å²) < 4.78 is 3.66. The lowest BCUT2D eigenvalue weighted by atomic mass is 9.87. The lowest BCUT2D eigenvalue weighted by Crippen LogP contribution is -2.33. The molecule has 7 nitrogen and oxygen atoms in total. The van der Waals surface area contributed by atoms with E-state index in [1.165, 1.54) is 17.5 Å². The second-order valence-electron chi connectivity index (χ2n) is 11.2. The molecule has 3 aromatic heterocycles. The van der Waals surface area contributed by atoms with E-state index in [1.54, 1.807) is 23.2 Å². The maximum Gasteiger partial charge on any atom is 0.276 e. The number of nitrogens with zero attached hydrogens (tertiary/aromatic N) is 5. The molecular formula is C30H36N6O. The van der Waals surface area contributed by atoms with Crippen LogP contribution in [0.5, 0.6) is 0 Å². The van der Waals surface area contributed by atoms with Gasteiger partial charge in [0.25, 0.3) is 5.56 Å². The number of anilines is 2. The number of benzene rings is 1. The van der Waals surface area contributed by atoms with Crippen molar-refractivity contribution in [1.82, 2.24) is 24.2 Å². The highest BCUT2D eigenvalue weighted by atomic mass is 16.1. The Morgan fingerprint density at radius 1 is 1.14 bits per heavy atom. The Bertz CT molecular complexity index is 1520. The molecular weight excluding hydrogens is 460 g/mol. The highest BCUT2D eigenvalue weighted by molar-refractivity contribution is 5.83. The number of hydrogen-bond acceptors (Lipinski definition) is 5. The molecule has 0 radical (unpaired) electrons. The van der Waals surface area contributed by atoms with Crippen LogP contribution >= 0.6 is 0 Å². The molecule has 1 aliphatic carbocycles. The predicted octanol–water partition coefficient (Wildman–Crippen LogP) is 5.23. The van der Waals surface area contributed by atoms with E-state index in [0.717, 1.165) is 35.4 Å². The molecule has 0 saturated heterocycles. The van der Waals surface area contributed by atoms with Gasteiger partial charge in [0.15, 0.2) is 0 Å². The zero-order valence-electron chi connectivity index (χ0n) is 22.5. The summed E-state index contributed by atoms with van der Waals surface area (Å²) in [6.07, 6.45) is 8.56. The van der Waals surface area contributed by atoms with E-state index in [0.29, 0.717) is 23.8 Å². The van der Waals surface area contributed by atoms with Crippen molar-refractivity contribution in [3.05, 3.63) is 88.6 Å². The first-order chi connectivity index (χ1) is 17.7. The normalized spacial score (nSPS) is 15.7. The van der Waals surface area contributed by atoms with Crippen molar-refractivity contribution >= 4 is 22.4 Å². The topological polar surface area (TPSA) is 68.0 Å². The van der Waals surface area contributed by atoms with Gasteiger partial charge in [0.05, 0.1) is 23.1 Å². The van der Waals surface area contributed by atoms with E-state index in [-0.39, 0.29) is 11.0 Å². The number of pyridine rings is 2. The molecule has 0 amide bonds. The summed E-state index contributed by atoms with van der Waals surface area (Å²) in [7, 11) is 4.31. The number of aromatic nitrogens is 4. The molecule has 1 N–H and O–H groups in total. The van der Waals surface area contributed by atoms with Crippen LogP contribution in [-0.2, 0) is 24.8 Å². The molecule has 0 aliphatic heterocycles. The molecule has 1 atom stereocenters. The fourth-order valence-corrected chi connectivity index (χ4v) is 5.14. The molecule has 7 heteroatoms. The van der Waals surface area contributed by atoms with Crippen molar-refractivity contribution in [3.63, 3.8) is 0 Å². The van der Waals surface area contributed by atoms with Gasteiger partial charge in [-0.05, 0) is 68.8 Å². The third-order valence-electron chi connectivity index (χ3n) is 7.29. The van der Waals surface area contributed by atoms with Crippen LogP contribution in [0.2, 0.25) is 0 Å². The van der Waals surface area contributed by atoms with E-state index in [1.807, 2.05) is 16.8 Å². The summed E-state index contributed by atoms with van der Waals surface area (Å²) >= 11 is 0. The molecule has 1 aliphatic rings. The smallest absolute Gasteiger partial charge is 0.276 e. The van der Waals surface area contributed by atoms with E-state index >= 15 is 0 Å². The van der Waals surface area contributed by atoms with Crippen LogP contribution in [-0.4, -0.2) is 44.4 Å². The van der Waals surface area contributed by atoms with Crippen LogP contribution in [0.1, 0.15) is 44.0 Å². The molecule has 1 aromatic carbocycles. The number of allylic oxidation sites excluding steroid dienone is 1. The standard InChI is InChI=1S/C30H36N6O/c1-7-14-35-29(37)25-19-32-28(18-26(25)36(35)24-12-13-31-27(17-24)30(2,3)4)33-22-10-8-20-9-11-23(34(5)6)16-21(20)15-22/h7-8,10,12-13,15,17-19,23H,1,9,11,14,16H2,2-6H3,(H,32,33). The van der Waals surface area contributed by atoms with Crippen molar-refractivity contribution < 1.29 is 0 Å². The first-order valence-corrected chi connectivity index (χ1v) is 12.9. The Kier molecular flexibility index (Phi) is 6.50. The van der Waals surface area contributed by atoms with Gasteiger partial charge in [-0.2, -0.15) is 0 Å². The third kappa shape index (κ3) is 4.83. The van der Waals surface area contributed by atoms with Crippen molar-refractivity contribution in [2.45, 2.75) is 58.0 Å². The van der Waals surface area contributed by atoms with Crippen LogP contribution < -0.4 is 10.9 Å². The quantitative estimate of drug-likeness (QED) is 0.370. The molecule has 0 bridgehead atoms. The van der Waals surface area contributed by atoms with Crippen LogP contribution in [0.25, 0.3) is 16.6 Å². The minimum Gasteiger partial charge on any atom is -0.340 e. The molecule has 1 unspecified atom stereocenters. The van der Waals surface area contributed by atoms with Crippen LogP contribution in [0.15, 0.2) is 66.2 Å². The van der Waals surface area contributed by atoms with Crippen LogP contribution in [0, 0.1) is 0 Å². The fourth-order valence-electron chi connectivity index (χ4n) is 5.14. The van der Waals surface area contributed by atoms with E-state index in [4.69, 9.17) is 0 Å². The summed E-state index contributed by atoms with van der Waals surface area (Å²) in [5.74, 6) is 0.696. The first kappa shape index (κ1) is 25.0. The number of aryl methyl sites for hydroxylation is 1. The zero-order valence-corrected chi connectivity index (χ0v) is 22.5. The molecule has 37 heavy (non-hydrogen) atoms. The lowest BCUT2D eigenvalue weighted by Gasteiger charge is -2.30. The molecule has 5 rings (SSSR count). The van der Waals surface area contributed by atoms with Gasteiger partial charge in [0.1, 0.15) is 5.82 Å². The second-order valence-corrected chi connectivity index (χ2v) is 11.2. The molecule has 192 valence electrons.